The first kappa shape index (κ1) is 14.8. The summed E-state index contributed by atoms with van der Waals surface area (Å²) in [4.78, 5) is 14.4. The highest BCUT2D eigenvalue weighted by Crippen LogP contribution is 2.40. The second kappa shape index (κ2) is 6.75. The van der Waals surface area contributed by atoms with Gasteiger partial charge >= 0.3 is 0 Å². The molecule has 1 saturated carbocycles. The molecule has 3 rings (SSSR count). The molecular formula is C17H20N2O3. The topological polar surface area (TPSA) is 55.6 Å². The summed E-state index contributed by atoms with van der Waals surface area (Å²) in [5.74, 6) is 1.17. The minimum absolute atomic E-state index is 0.114. The summed E-state index contributed by atoms with van der Waals surface area (Å²) in [6, 6.07) is 11.7. The van der Waals surface area contributed by atoms with Gasteiger partial charge in [-0.25, -0.2) is 0 Å². The summed E-state index contributed by atoms with van der Waals surface area (Å²) in [6.45, 7) is 1.55. The molecule has 0 radical (unpaired) electrons. The summed E-state index contributed by atoms with van der Waals surface area (Å²) >= 11 is 0. The Balaban J connectivity index is 1.73. The highest BCUT2D eigenvalue weighted by molar-refractivity contribution is 5.92. The van der Waals surface area contributed by atoms with Gasteiger partial charge in [-0.05, 0) is 18.4 Å². The van der Waals surface area contributed by atoms with Gasteiger partial charge in [-0.1, -0.05) is 35.5 Å². The second-order valence-corrected chi connectivity index (χ2v) is 5.59. The van der Waals surface area contributed by atoms with Crippen molar-refractivity contribution in [3.63, 3.8) is 0 Å². The van der Waals surface area contributed by atoms with E-state index in [2.05, 4.69) is 5.16 Å². The molecule has 0 saturated heterocycles. The van der Waals surface area contributed by atoms with Gasteiger partial charge in [0.15, 0.2) is 5.69 Å². The lowest BCUT2D eigenvalue weighted by atomic mass is 10.2. The van der Waals surface area contributed by atoms with Crippen LogP contribution in [0.1, 0.15) is 40.6 Å². The predicted molar refractivity (Wildman–Crippen MR) is 81.5 cm³/mol. The average Bonchev–Trinajstić information content (AvgIpc) is 3.29. The Morgan fingerprint density at radius 2 is 2.14 bits per heavy atom. The molecule has 1 aromatic heterocycles. The number of ether oxygens (including phenoxy) is 1. The van der Waals surface area contributed by atoms with Gasteiger partial charge < -0.3 is 14.2 Å². The fourth-order valence-electron chi connectivity index (χ4n) is 2.37. The van der Waals surface area contributed by atoms with E-state index in [-0.39, 0.29) is 5.91 Å². The highest BCUT2D eigenvalue weighted by Gasteiger charge is 2.29. The van der Waals surface area contributed by atoms with E-state index in [1.165, 1.54) is 0 Å². The van der Waals surface area contributed by atoms with Crippen LogP contribution in [0.15, 0.2) is 40.9 Å². The molecule has 1 aliphatic carbocycles. The maximum Gasteiger partial charge on any atom is 0.276 e. The Labute approximate surface area is 129 Å². The molecule has 0 atom stereocenters. The van der Waals surface area contributed by atoms with E-state index in [1.807, 2.05) is 30.3 Å². The van der Waals surface area contributed by atoms with Crippen molar-refractivity contribution in [2.24, 2.45) is 0 Å². The molecule has 22 heavy (non-hydrogen) atoms. The van der Waals surface area contributed by atoms with Crippen molar-refractivity contribution in [2.75, 3.05) is 20.3 Å². The summed E-state index contributed by atoms with van der Waals surface area (Å²) in [7, 11) is 1.63. The molecule has 1 heterocycles. The molecule has 116 valence electrons. The number of rotatable bonds is 7. The third-order valence-electron chi connectivity index (χ3n) is 3.80. The molecule has 1 aliphatic rings. The van der Waals surface area contributed by atoms with E-state index in [0.717, 1.165) is 24.2 Å². The van der Waals surface area contributed by atoms with Crippen LogP contribution in [-0.4, -0.2) is 36.2 Å². The fourth-order valence-corrected chi connectivity index (χ4v) is 2.37. The van der Waals surface area contributed by atoms with E-state index < -0.39 is 0 Å². The standard InChI is InChI=1S/C17H20N2O3/c1-21-10-9-19(12-13-5-3-2-4-6-13)17(20)15-11-16(22-18-15)14-7-8-14/h2-6,11,14H,7-10,12H2,1H3. The zero-order valence-electron chi connectivity index (χ0n) is 12.7. The van der Waals surface area contributed by atoms with Gasteiger partial charge in [0.1, 0.15) is 5.76 Å². The lowest BCUT2D eigenvalue weighted by Gasteiger charge is -2.21. The van der Waals surface area contributed by atoms with Crippen molar-refractivity contribution in [3.8, 4) is 0 Å². The van der Waals surface area contributed by atoms with Gasteiger partial charge in [-0.15, -0.1) is 0 Å². The molecule has 0 unspecified atom stereocenters. The highest BCUT2D eigenvalue weighted by atomic mass is 16.5. The van der Waals surface area contributed by atoms with E-state index in [1.54, 1.807) is 18.1 Å². The molecule has 0 spiro atoms. The smallest absolute Gasteiger partial charge is 0.276 e. The SMILES string of the molecule is COCCN(Cc1ccccc1)C(=O)c1cc(C2CC2)on1. The number of hydrogen-bond donors (Lipinski definition) is 0. The number of nitrogens with zero attached hydrogens (tertiary/aromatic N) is 2. The van der Waals surface area contributed by atoms with Gasteiger partial charge in [0.05, 0.1) is 6.61 Å². The molecule has 0 bridgehead atoms. The van der Waals surface area contributed by atoms with E-state index in [0.29, 0.717) is 31.3 Å². The summed E-state index contributed by atoms with van der Waals surface area (Å²) in [5.41, 5.74) is 1.46. The molecule has 0 aliphatic heterocycles. The number of methoxy groups -OCH3 is 1. The Morgan fingerprint density at radius 3 is 2.82 bits per heavy atom. The van der Waals surface area contributed by atoms with Gasteiger partial charge in [-0.3, -0.25) is 4.79 Å². The second-order valence-electron chi connectivity index (χ2n) is 5.59. The van der Waals surface area contributed by atoms with Crippen LogP contribution in [0.2, 0.25) is 0 Å². The molecule has 0 N–H and O–H groups in total. The zero-order valence-corrected chi connectivity index (χ0v) is 12.7. The number of benzene rings is 1. The van der Waals surface area contributed by atoms with E-state index in [4.69, 9.17) is 9.26 Å². The lowest BCUT2D eigenvalue weighted by molar-refractivity contribution is 0.0670. The van der Waals surface area contributed by atoms with Gasteiger partial charge in [0.2, 0.25) is 0 Å². The van der Waals surface area contributed by atoms with Crippen molar-refractivity contribution in [2.45, 2.75) is 25.3 Å². The van der Waals surface area contributed by atoms with Crippen LogP contribution in [-0.2, 0) is 11.3 Å². The Morgan fingerprint density at radius 1 is 1.36 bits per heavy atom. The largest absolute Gasteiger partial charge is 0.383 e. The number of carbonyl (C=O) groups is 1. The summed E-state index contributed by atoms with van der Waals surface area (Å²) < 4.78 is 10.4. The van der Waals surface area contributed by atoms with Crippen molar-refractivity contribution in [3.05, 3.63) is 53.4 Å². The monoisotopic (exact) mass is 300 g/mol. The van der Waals surface area contributed by atoms with Crippen LogP contribution in [0.4, 0.5) is 0 Å². The van der Waals surface area contributed by atoms with Gasteiger partial charge in [-0.2, -0.15) is 0 Å². The number of carbonyl (C=O) groups excluding carboxylic acids is 1. The third kappa shape index (κ3) is 3.54. The first-order chi connectivity index (χ1) is 10.8. The Hall–Kier alpha value is -2.14. The zero-order chi connectivity index (χ0) is 15.4. The normalized spacial score (nSPS) is 14.0. The molecule has 2 aromatic rings. The number of aromatic nitrogens is 1. The maximum atomic E-state index is 12.7. The van der Waals surface area contributed by atoms with Crippen LogP contribution >= 0.6 is 0 Å². The Bertz CT molecular complexity index is 620. The number of amides is 1. The summed E-state index contributed by atoms with van der Waals surface area (Å²) in [5, 5.41) is 3.94. The van der Waals surface area contributed by atoms with Crippen molar-refractivity contribution in [1.29, 1.82) is 0 Å². The van der Waals surface area contributed by atoms with Crippen molar-refractivity contribution in [1.82, 2.24) is 10.1 Å². The third-order valence-corrected chi connectivity index (χ3v) is 3.80. The minimum Gasteiger partial charge on any atom is -0.383 e. The van der Waals surface area contributed by atoms with Gasteiger partial charge in [0, 0.05) is 32.2 Å². The molecule has 5 heteroatoms. The van der Waals surface area contributed by atoms with Crippen LogP contribution in [0, 0.1) is 0 Å². The first-order valence-electron chi connectivity index (χ1n) is 7.56. The number of hydrogen-bond acceptors (Lipinski definition) is 4. The fraction of sp³-hybridized carbons (Fsp3) is 0.412. The Kier molecular flexibility index (Phi) is 4.53. The van der Waals surface area contributed by atoms with Crippen LogP contribution in [0.25, 0.3) is 0 Å². The summed E-state index contributed by atoms with van der Waals surface area (Å²) in [6.07, 6.45) is 2.25. The minimum atomic E-state index is -0.114. The van der Waals surface area contributed by atoms with E-state index >= 15 is 0 Å². The van der Waals surface area contributed by atoms with Crippen LogP contribution in [0.3, 0.4) is 0 Å². The van der Waals surface area contributed by atoms with E-state index in [9.17, 15) is 4.79 Å². The van der Waals surface area contributed by atoms with Crippen LogP contribution in [0.5, 0.6) is 0 Å². The molecule has 1 amide bonds. The molecule has 1 fully saturated rings. The van der Waals surface area contributed by atoms with Gasteiger partial charge in [0.25, 0.3) is 5.91 Å². The molecule has 1 aromatic carbocycles. The van der Waals surface area contributed by atoms with Crippen LogP contribution < -0.4 is 0 Å². The lowest BCUT2D eigenvalue weighted by Crippen LogP contribution is -2.33. The molecule has 5 nitrogen and oxygen atoms in total. The first-order valence-corrected chi connectivity index (χ1v) is 7.56. The quantitative estimate of drug-likeness (QED) is 0.789. The predicted octanol–water partition coefficient (Wildman–Crippen LogP) is 2.84. The molecular weight excluding hydrogens is 280 g/mol. The van der Waals surface area contributed by atoms with Crippen molar-refractivity contribution < 1.29 is 14.1 Å². The maximum absolute atomic E-state index is 12.7. The average molecular weight is 300 g/mol. The van der Waals surface area contributed by atoms with Crippen molar-refractivity contribution >= 4 is 5.91 Å².